The molecule has 0 aliphatic heterocycles. The van der Waals surface area contributed by atoms with Crippen molar-refractivity contribution in [2.45, 2.75) is 6.92 Å². The minimum absolute atomic E-state index is 0.365. The maximum atomic E-state index is 11.1. The predicted molar refractivity (Wildman–Crippen MR) is 69.2 cm³/mol. The average molecular weight is 297 g/mol. The number of aromatic carboxylic acids is 1. The Morgan fingerprint density at radius 1 is 1.31 bits per heavy atom. The first-order chi connectivity index (χ1) is 7.61. The molecule has 2 aromatic rings. The average Bonchev–Trinajstić information content (AvgIpc) is 2.55. The summed E-state index contributed by atoms with van der Waals surface area (Å²) in [7, 11) is 0. The molecule has 0 saturated heterocycles. The van der Waals surface area contributed by atoms with Crippen LogP contribution in [0.15, 0.2) is 34.1 Å². The molecule has 16 heavy (non-hydrogen) atoms. The van der Waals surface area contributed by atoms with Crippen molar-refractivity contribution in [3.8, 4) is 10.4 Å². The SMILES string of the molecule is Cc1c(-c2ccccc2)sc(Br)c1C(=O)O. The van der Waals surface area contributed by atoms with Gasteiger partial charge in [-0.2, -0.15) is 0 Å². The normalized spacial score (nSPS) is 10.4. The molecule has 0 radical (unpaired) electrons. The number of thiophene rings is 1. The first kappa shape index (κ1) is 11.4. The lowest BCUT2D eigenvalue weighted by atomic mass is 10.1. The molecule has 1 aromatic heterocycles. The maximum Gasteiger partial charge on any atom is 0.338 e. The topological polar surface area (TPSA) is 37.3 Å². The van der Waals surface area contributed by atoms with E-state index in [9.17, 15) is 4.79 Å². The van der Waals surface area contributed by atoms with Crippen LogP contribution < -0.4 is 0 Å². The predicted octanol–water partition coefficient (Wildman–Crippen LogP) is 4.18. The Kier molecular flexibility index (Phi) is 3.12. The Morgan fingerprint density at radius 2 is 1.94 bits per heavy atom. The zero-order chi connectivity index (χ0) is 11.7. The van der Waals surface area contributed by atoms with Gasteiger partial charge in [0.1, 0.15) is 0 Å². The van der Waals surface area contributed by atoms with Gasteiger partial charge in [-0.25, -0.2) is 4.79 Å². The first-order valence-electron chi connectivity index (χ1n) is 4.69. The molecule has 0 spiro atoms. The highest BCUT2D eigenvalue weighted by Crippen LogP contribution is 2.39. The minimum Gasteiger partial charge on any atom is -0.478 e. The van der Waals surface area contributed by atoms with Gasteiger partial charge in [-0.05, 0) is 34.0 Å². The van der Waals surface area contributed by atoms with Gasteiger partial charge in [0.15, 0.2) is 0 Å². The van der Waals surface area contributed by atoms with Gasteiger partial charge in [0.05, 0.1) is 9.35 Å². The number of carboxylic acids is 1. The van der Waals surface area contributed by atoms with Crippen LogP contribution in [0.3, 0.4) is 0 Å². The molecule has 0 aliphatic carbocycles. The molecular formula is C12H9BrO2S. The van der Waals surface area contributed by atoms with Gasteiger partial charge in [-0.3, -0.25) is 0 Å². The lowest BCUT2D eigenvalue weighted by molar-refractivity contribution is 0.0696. The largest absolute Gasteiger partial charge is 0.478 e. The molecule has 1 aromatic carbocycles. The van der Waals surface area contributed by atoms with Crippen molar-refractivity contribution in [1.82, 2.24) is 0 Å². The highest BCUT2D eigenvalue weighted by Gasteiger charge is 2.19. The van der Waals surface area contributed by atoms with Gasteiger partial charge in [0.2, 0.25) is 0 Å². The summed E-state index contributed by atoms with van der Waals surface area (Å²) in [5, 5.41) is 9.08. The van der Waals surface area contributed by atoms with Crippen molar-refractivity contribution in [2.75, 3.05) is 0 Å². The molecule has 0 saturated carbocycles. The van der Waals surface area contributed by atoms with E-state index < -0.39 is 5.97 Å². The van der Waals surface area contributed by atoms with Gasteiger partial charge in [-0.15, -0.1) is 11.3 Å². The lowest BCUT2D eigenvalue weighted by Gasteiger charge is -1.99. The zero-order valence-electron chi connectivity index (χ0n) is 8.53. The van der Waals surface area contributed by atoms with Crippen molar-refractivity contribution in [3.05, 3.63) is 45.2 Å². The van der Waals surface area contributed by atoms with E-state index in [1.165, 1.54) is 11.3 Å². The summed E-state index contributed by atoms with van der Waals surface area (Å²) < 4.78 is 0.677. The number of carboxylic acid groups (broad SMARTS) is 1. The third kappa shape index (κ3) is 1.90. The van der Waals surface area contributed by atoms with E-state index in [-0.39, 0.29) is 0 Å². The number of rotatable bonds is 2. The zero-order valence-corrected chi connectivity index (χ0v) is 10.9. The molecule has 4 heteroatoms. The summed E-state index contributed by atoms with van der Waals surface area (Å²) >= 11 is 4.76. The van der Waals surface area contributed by atoms with E-state index in [2.05, 4.69) is 15.9 Å². The second-order valence-electron chi connectivity index (χ2n) is 3.38. The molecule has 82 valence electrons. The smallest absolute Gasteiger partial charge is 0.338 e. The van der Waals surface area contributed by atoms with E-state index >= 15 is 0 Å². The third-order valence-electron chi connectivity index (χ3n) is 2.35. The summed E-state index contributed by atoms with van der Waals surface area (Å²) in [4.78, 5) is 12.1. The monoisotopic (exact) mass is 296 g/mol. The summed E-state index contributed by atoms with van der Waals surface area (Å²) in [6.07, 6.45) is 0. The minimum atomic E-state index is -0.886. The highest BCUT2D eigenvalue weighted by molar-refractivity contribution is 9.11. The highest BCUT2D eigenvalue weighted by atomic mass is 79.9. The van der Waals surface area contributed by atoms with Crippen molar-refractivity contribution >= 4 is 33.2 Å². The van der Waals surface area contributed by atoms with Crippen LogP contribution in [-0.2, 0) is 0 Å². The molecule has 0 fully saturated rings. The van der Waals surface area contributed by atoms with Gasteiger partial charge >= 0.3 is 5.97 Å². The van der Waals surface area contributed by atoms with Crippen LogP contribution in [-0.4, -0.2) is 11.1 Å². The Bertz CT molecular complexity index is 531. The molecule has 1 heterocycles. The van der Waals surface area contributed by atoms with Crippen LogP contribution in [0.5, 0.6) is 0 Å². The molecular weight excluding hydrogens is 288 g/mol. The van der Waals surface area contributed by atoms with Crippen molar-refractivity contribution < 1.29 is 9.90 Å². The summed E-state index contributed by atoms with van der Waals surface area (Å²) in [5.74, 6) is -0.886. The lowest BCUT2D eigenvalue weighted by Crippen LogP contribution is -1.97. The van der Waals surface area contributed by atoms with Crippen molar-refractivity contribution in [1.29, 1.82) is 0 Å². The molecule has 1 N–H and O–H groups in total. The first-order valence-corrected chi connectivity index (χ1v) is 6.30. The fourth-order valence-corrected chi connectivity index (χ4v) is 3.57. The van der Waals surface area contributed by atoms with Crippen LogP contribution in [0.4, 0.5) is 0 Å². The van der Waals surface area contributed by atoms with Crippen molar-refractivity contribution in [2.24, 2.45) is 0 Å². The summed E-state index contributed by atoms with van der Waals surface area (Å²) in [6.45, 7) is 1.84. The van der Waals surface area contributed by atoms with E-state index in [1.807, 2.05) is 37.3 Å². The van der Waals surface area contributed by atoms with Crippen LogP contribution >= 0.6 is 27.3 Å². The standard InChI is InChI=1S/C12H9BrO2S/c1-7-9(12(14)15)11(13)16-10(7)8-5-3-2-4-6-8/h2-6H,1H3,(H,14,15). The molecule has 0 aliphatic rings. The quantitative estimate of drug-likeness (QED) is 0.902. The molecule has 0 bridgehead atoms. The molecule has 0 atom stereocenters. The van der Waals surface area contributed by atoms with E-state index in [4.69, 9.17) is 5.11 Å². The van der Waals surface area contributed by atoms with Crippen LogP contribution in [0, 0.1) is 6.92 Å². The maximum absolute atomic E-state index is 11.1. The Hall–Kier alpha value is -1.13. The second-order valence-corrected chi connectivity index (χ2v) is 5.71. The molecule has 0 amide bonds. The number of halogens is 1. The second kappa shape index (κ2) is 4.39. The van der Waals surface area contributed by atoms with E-state index in [1.54, 1.807) is 0 Å². The van der Waals surface area contributed by atoms with Gasteiger partial charge in [0, 0.05) is 4.88 Å². The number of hydrogen-bond acceptors (Lipinski definition) is 2. The fraction of sp³-hybridized carbons (Fsp3) is 0.0833. The van der Waals surface area contributed by atoms with Crippen molar-refractivity contribution in [3.63, 3.8) is 0 Å². The molecule has 2 rings (SSSR count). The molecule has 2 nitrogen and oxygen atoms in total. The molecule has 0 unspecified atom stereocenters. The Balaban J connectivity index is 2.61. The van der Waals surface area contributed by atoms with Crippen LogP contribution in [0.2, 0.25) is 0 Å². The van der Waals surface area contributed by atoms with E-state index in [0.717, 1.165) is 16.0 Å². The number of carbonyl (C=O) groups is 1. The Labute approximate surface area is 106 Å². The van der Waals surface area contributed by atoms with Crippen LogP contribution in [0.25, 0.3) is 10.4 Å². The summed E-state index contributed by atoms with van der Waals surface area (Å²) in [6, 6.07) is 9.80. The summed E-state index contributed by atoms with van der Waals surface area (Å²) in [5.41, 5.74) is 2.23. The van der Waals surface area contributed by atoms with Gasteiger partial charge in [-0.1, -0.05) is 30.3 Å². The fourth-order valence-electron chi connectivity index (χ4n) is 1.59. The number of benzene rings is 1. The van der Waals surface area contributed by atoms with E-state index in [0.29, 0.717) is 9.35 Å². The van der Waals surface area contributed by atoms with Gasteiger partial charge in [0.25, 0.3) is 0 Å². The van der Waals surface area contributed by atoms with Gasteiger partial charge < -0.3 is 5.11 Å². The Morgan fingerprint density at radius 3 is 2.44 bits per heavy atom. The number of hydrogen-bond donors (Lipinski definition) is 1. The van der Waals surface area contributed by atoms with Crippen LogP contribution in [0.1, 0.15) is 15.9 Å². The third-order valence-corrected chi connectivity index (χ3v) is 4.37.